The summed E-state index contributed by atoms with van der Waals surface area (Å²) in [6.45, 7) is 2.10. The summed E-state index contributed by atoms with van der Waals surface area (Å²) in [6, 6.07) is 10.3. The average molecular weight is 388 g/mol. The van der Waals surface area contributed by atoms with Gasteiger partial charge in [0.15, 0.2) is 0 Å². The molecular formula is C18H15Cl2N5O. The lowest BCUT2D eigenvalue weighted by atomic mass is 10.2. The largest absolute Gasteiger partial charge is 0.347 e. The van der Waals surface area contributed by atoms with Crippen molar-refractivity contribution in [3.8, 4) is 0 Å². The molecule has 2 N–H and O–H groups in total. The molecule has 2 aromatic heterocycles. The number of aryl methyl sites for hydroxylation is 1. The molecule has 1 amide bonds. The maximum atomic E-state index is 12.4. The minimum absolute atomic E-state index is 0.266. The fraction of sp³-hybridized carbons (Fsp3) is 0.111. The highest BCUT2D eigenvalue weighted by atomic mass is 35.5. The number of nitrogens with one attached hydrogen (secondary N) is 2. The third kappa shape index (κ3) is 4.91. The average Bonchev–Trinajstić information content (AvgIpc) is 2.59. The van der Waals surface area contributed by atoms with Crippen LogP contribution in [0.1, 0.15) is 21.9 Å². The van der Waals surface area contributed by atoms with E-state index in [0.29, 0.717) is 33.9 Å². The van der Waals surface area contributed by atoms with Gasteiger partial charge < -0.3 is 10.6 Å². The lowest BCUT2D eigenvalue weighted by Gasteiger charge is -2.10. The molecular weight excluding hydrogens is 373 g/mol. The Labute approximate surface area is 160 Å². The number of nitrogens with zero attached hydrogens (tertiary/aromatic N) is 3. The van der Waals surface area contributed by atoms with Crippen LogP contribution in [0, 0.1) is 6.92 Å². The third-order valence-corrected chi connectivity index (χ3v) is 3.84. The smallest absolute Gasteiger partial charge is 0.270 e. The van der Waals surface area contributed by atoms with E-state index >= 15 is 0 Å². The second-order valence-corrected chi connectivity index (χ2v) is 6.38. The molecule has 0 aliphatic carbocycles. The predicted molar refractivity (Wildman–Crippen MR) is 102 cm³/mol. The van der Waals surface area contributed by atoms with Gasteiger partial charge in [-0.3, -0.25) is 9.78 Å². The standard InChI is InChI=1S/C18H15Cl2N5O/c1-11-23-16(18(26)22-10-12-2-4-21-5-3-12)9-17(24-11)25-15-7-13(19)6-14(20)8-15/h2-9H,10H2,1H3,(H,22,26)(H,23,24,25). The number of pyridine rings is 1. The van der Waals surface area contributed by atoms with E-state index in [1.54, 1.807) is 43.6 Å². The maximum Gasteiger partial charge on any atom is 0.270 e. The number of hydrogen-bond donors (Lipinski definition) is 2. The van der Waals surface area contributed by atoms with E-state index < -0.39 is 0 Å². The molecule has 0 spiro atoms. The summed E-state index contributed by atoms with van der Waals surface area (Å²) in [5.41, 5.74) is 1.89. The number of hydrogen-bond acceptors (Lipinski definition) is 5. The number of carbonyl (C=O) groups is 1. The number of carbonyl (C=O) groups excluding carboxylic acids is 1. The predicted octanol–water partition coefficient (Wildman–Crippen LogP) is 4.16. The third-order valence-electron chi connectivity index (χ3n) is 3.41. The van der Waals surface area contributed by atoms with Crippen LogP contribution in [0.5, 0.6) is 0 Å². The first-order chi connectivity index (χ1) is 12.5. The van der Waals surface area contributed by atoms with Crippen molar-refractivity contribution >= 4 is 40.6 Å². The van der Waals surface area contributed by atoms with E-state index in [1.165, 1.54) is 0 Å². The SMILES string of the molecule is Cc1nc(Nc2cc(Cl)cc(Cl)c2)cc(C(=O)NCc2ccncc2)n1. The van der Waals surface area contributed by atoms with Crippen LogP contribution in [0.3, 0.4) is 0 Å². The van der Waals surface area contributed by atoms with Crippen LogP contribution in [-0.4, -0.2) is 20.9 Å². The van der Waals surface area contributed by atoms with E-state index in [0.717, 1.165) is 5.56 Å². The fourth-order valence-corrected chi connectivity index (χ4v) is 2.82. The van der Waals surface area contributed by atoms with Gasteiger partial charge in [0.05, 0.1) is 0 Å². The highest BCUT2D eigenvalue weighted by Crippen LogP contribution is 2.24. The summed E-state index contributed by atoms with van der Waals surface area (Å²) in [7, 11) is 0. The Morgan fingerprint density at radius 2 is 1.73 bits per heavy atom. The van der Waals surface area contributed by atoms with Crippen LogP contribution in [0.15, 0.2) is 48.8 Å². The van der Waals surface area contributed by atoms with Gasteiger partial charge in [-0.15, -0.1) is 0 Å². The molecule has 2 heterocycles. The van der Waals surface area contributed by atoms with E-state index in [1.807, 2.05) is 12.1 Å². The van der Waals surface area contributed by atoms with Crippen molar-refractivity contribution in [3.05, 3.63) is 75.9 Å². The molecule has 0 aliphatic rings. The molecule has 8 heteroatoms. The van der Waals surface area contributed by atoms with Crippen molar-refractivity contribution in [3.63, 3.8) is 0 Å². The summed E-state index contributed by atoms with van der Waals surface area (Å²) in [5.74, 6) is 0.654. The Bertz CT molecular complexity index is 914. The van der Waals surface area contributed by atoms with E-state index in [2.05, 4.69) is 25.6 Å². The highest BCUT2D eigenvalue weighted by molar-refractivity contribution is 6.35. The highest BCUT2D eigenvalue weighted by Gasteiger charge is 2.11. The van der Waals surface area contributed by atoms with Crippen molar-refractivity contribution in [2.24, 2.45) is 0 Å². The molecule has 0 atom stereocenters. The zero-order valence-corrected chi connectivity index (χ0v) is 15.3. The minimum Gasteiger partial charge on any atom is -0.347 e. The Balaban J connectivity index is 1.75. The van der Waals surface area contributed by atoms with Crippen LogP contribution >= 0.6 is 23.2 Å². The first-order valence-corrected chi connectivity index (χ1v) is 8.51. The summed E-state index contributed by atoms with van der Waals surface area (Å²) in [5, 5.41) is 6.91. The van der Waals surface area contributed by atoms with Crippen molar-refractivity contribution < 1.29 is 4.79 Å². The normalized spacial score (nSPS) is 10.4. The van der Waals surface area contributed by atoms with Gasteiger partial charge in [-0.1, -0.05) is 23.2 Å². The van der Waals surface area contributed by atoms with E-state index in [9.17, 15) is 4.79 Å². The quantitative estimate of drug-likeness (QED) is 0.686. The van der Waals surface area contributed by atoms with Crippen LogP contribution < -0.4 is 10.6 Å². The number of aromatic nitrogens is 3. The van der Waals surface area contributed by atoms with Gasteiger partial charge in [0.2, 0.25) is 0 Å². The van der Waals surface area contributed by atoms with Gasteiger partial charge >= 0.3 is 0 Å². The zero-order chi connectivity index (χ0) is 18.5. The molecule has 0 saturated heterocycles. The summed E-state index contributed by atoms with van der Waals surface area (Å²) in [4.78, 5) is 24.8. The van der Waals surface area contributed by atoms with Gasteiger partial charge in [0.25, 0.3) is 5.91 Å². The topological polar surface area (TPSA) is 79.8 Å². The molecule has 0 unspecified atom stereocenters. The lowest BCUT2D eigenvalue weighted by molar-refractivity contribution is 0.0945. The van der Waals surface area contributed by atoms with Gasteiger partial charge in [0, 0.05) is 40.7 Å². The van der Waals surface area contributed by atoms with Crippen molar-refractivity contribution in [2.45, 2.75) is 13.5 Å². The molecule has 3 rings (SSSR count). The molecule has 132 valence electrons. The van der Waals surface area contributed by atoms with Crippen LogP contribution in [0.25, 0.3) is 0 Å². The number of amides is 1. The van der Waals surface area contributed by atoms with Gasteiger partial charge in [-0.2, -0.15) is 0 Å². The molecule has 0 bridgehead atoms. The molecule has 3 aromatic rings. The first-order valence-electron chi connectivity index (χ1n) is 7.75. The second-order valence-electron chi connectivity index (χ2n) is 5.51. The number of rotatable bonds is 5. The van der Waals surface area contributed by atoms with Gasteiger partial charge in [0.1, 0.15) is 17.3 Å². The van der Waals surface area contributed by atoms with Crippen LogP contribution in [-0.2, 0) is 6.54 Å². The summed E-state index contributed by atoms with van der Waals surface area (Å²) >= 11 is 12.0. The van der Waals surface area contributed by atoms with E-state index in [4.69, 9.17) is 23.2 Å². The Kier molecular flexibility index (Phi) is 5.65. The Morgan fingerprint density at radius 3 is 2.42 bits per heavy atom. The van der Waals surface area contributed by atoms with Gasteiger partial charge in [-0.25, -0.2) is 9.97 Å². The fourth-order valence-electron chi connectivity index (χ4n) is 2.30. The van der Waals surface area contributed by atoms with Gasteiger partial charge in [-0.05, 0) is 42.8 Å². The van der Waals surface area contributed by atoms with Crippen LogP contribution in [0.2, 0.25) is 10.0 Å². The summed E-state index contributed by atoms with van der Waals surface area (Å²) in [6.07, 6.45) is 3.35. The lowest BCUT2D eigenvalue weighted by Crippen LogP contribution is -2.24. The molecule has 6 nitrogen and oxygen atoms in total. The molecule has 1 aromatic carbocycles. The number of halogens is 2. The van der Waals surface area contributed by atoms with Crippen molar-refractivity contribution in [1.29, 1.82) is 0 Å². The van der Waals surface area contributed by atoms with Crippen LogP contribution in [0.4, 0.5) is 11.5 Å². The monoisotopic (exact) mass is 387 g/mol. The molecule has 0 radical (unpaired) electrons. The maximum absolute atomic E-state index is 12.4. The van der Waals surface area contributed by atoms with Crippen molar-refractivity contribution in [1.82, 2.24) is 20.3 Å². The molecule has 0 saturated carbocycles. The molecule has 26 heavy (non-hydrogen) atoms. The van der Waals surface area contributed by atoms with Crippen molar-refractivity contribution in [2.75, 3.05) is 5.32 Å². The zero-order valence-electron chi connectivity index (χ0n) is 13.8. The molecule has 0 fully saturated rings. The second kappa shape index (κ2) is 8.12. The van der Waals surface area contributed by atoms with E-state index in [-0.39, 0.29) is 11.6 Å². The first kappa shape index (κ1) is 18.1. The minimum atomic E-state index is -0.292. The number of benzene rings is 1. The Morgan fingerprint density at radius 1 is 1.04 bits per heavy atom. The molecule has 0 aliphatic heterocycles. The summed E-state index contributed by atoms with van der Waals surface area (Å²) < 4.78 is 0. The number of anilines is 2. The Hall–Kier alpha value is -2.70.